The third kappa shape index (κ3) is 2.99. The van der Waals surface area contributed by atoms with Crippen LogP contribution in [0, 0.1) is 17.8 Å². The first-order valence-electron chi connectivity index (χ1n) is 8.58. The van der Waals surface area contributed by atoms with Crippen molar-refractivity contribution in [2.75, 3.05) is 6.54 Å². The van der Waals surface area contributed by atoms with Gasteiger partial charge in [0.1, 0.15) is 0 Å². The fourth-order valence-electron chi connectivity index (χ4n) is 4.06. The number of likely N-dealkylation sites (tertiary alicyclic amines) is 1. The number of amides is 1. The van der Waals surface area contributed by atoms with Crippen LogP contribution in [0.5, 0.6) is 0 Å². The van der Waals surface area contributed by atoms with Gasteiger partial charge in [-0.1, -0.05) is 0 Å². The summed E-state index contributed by atoms with van der Waals surface area (Å²) in [5, 5.41) is 4.29. The van der Waals surface area contributed by atoms with Gasteiger partial charge in [0.2, 0.25) is 5.91 Å². The second kappa shape index (κ2) is 5.47. The molecule has 1 aromatic heterocycles. The Labute approximate surface area is 126 Å². The maximum Gasteiger partial charge on any atom is 0.223 e. The summed E-state index contributed by atoms with van der Waals surface area (Å²) in [7, 11) is 0. The first-order valence-corrected chi connectivity index (χ1v) is 8.58. The highest BCUT2D eigenvalue weighted by Gasteiger charge is 2.43. The summed E-state index contributed by atoms with van der Waals surface area (Å²) in [6.07, 6.45) is 12.4. The van der Waals surface area contributed by atoms with E-state index in [0.29, 0.717) is 17.9 Å². The average molecular weight is 287 g/mol. The Kier molecular flexibility index (Phi) is 3.48. The van der Waals surface area contributed by atoms with E-state index in [0.717, 1.165) is 44.2 Å². The van der Waals surface area contributed by atoms with Crippen LogP contribution in [-0.2, 0) is 11.3 Å². The maximum absolute atomic E-state index is 12.8. The van der Waals surface area contributed by atoms with E-state index in [1.54, 1.807) is 0 Å². The van der Waals surface area contributed by atoms with Gasteiger partial charge in [0.05, 0.1) is 12.6 Å². The molecular formula is C17H25N3O. The van der Waals surface area contributed by atoms with Crippen molar-refractivity contribution >= 4 is 5.91 Å². The molecule has 1 aromatic rings. The van der Waals surface area contributed by atoms with E-state index in [9.17, 15) is 4.79 Å². The zero-order valence-corrected chi connectivity index (χ0v) is 12.7. The van der Waals surface area contributed by atoms with E-state index in [2.05, 4.69) is 10.00 Å². The zero-order chi connectivity index (χ0) is 14.2. The van der Waals surface area contributed by atoms with Crippen molar-refractivity contribution in [2.45, 2.75) is 57.5 Å². The van der Waals surface area contributed by atoms with Crippen molar-refractivity contribution in [3.8, 4) is 0 Å². The van der Waals surface area contributed by atoms with Crippen molar-refractivity contribution in [1.29, 1.82) is 0 Å². The van der Waals surface area contributed by atoms with Crippen molar-refractivity contribution in [1.82, 2.24) is 14.7 Å². The van der Waals surface area contributed by atoms with E-state index in [-0.39, 0.29) is 0 Å². The molecule has 0 aromatic carbocycles. The molecule has 1 unspecified atom stereocenters. The molecular weight excluding hydrogens is 262 g/mol. The summed E-state index contributed by atoms with van der Waals surface area (Å²) in [5.74, 6) is 2.85. The Balaban J connectivity index is 1.38. The second-order valence-electron chi connectivity index (χ2n) is 7.15. The SMILES string of the molecule is O=C(CC(C1CC1)C1CC1)N1CCCC1Cn1cccn1. The van der Waals surface area contributed by atoms with Gasteiger partial charge in [0, 0.05) is 25.4 Å². The van der Waals surface area contributed by atoms with Gasteiger partial charge in [-0.25, -0.2) is 0 Å². The summed E-state index contributed by atoms with van der Waals surface area (Å²) in [4.78, 5) is 14.9. The number of carbonyl (C=O) groups excluding carboxylic acids is 1. The van der Waals surface area contributed by atoms with Crippen LogP contribution >= 0.6 is 0 Å². The molecule has 2 saturated carbocycles. The predicted octanol–water partition coefficient (Wildman–Crippen LogP) is 2.70. The molecule has 3 aliphatic rings. The lowest BCUT2D eigenvalue weighted by Gasteiger charge is -2.27. The maximum atomic E-state index is 12.8. The molecule has 2 heterocycles. The van der Waals surface area contributed by atoms with Crippen molar-refractivity contribution in [3.05, 3.63) is 18.5 Å². The first-order chi connectivity index (χ1) is 10.3. The lowest BCUT2D eigenvalue weighted by atomic mass is 9.93. The van der Waals surface area contributed by atoms with Gasteiger partial charge in [-0.3, -0.25) is 9.48 Å². The number of hydrogen-bond donors (Lipinski definition) is 0. The van der Waals surface area contributed by atoms with Gasteiger partial charge in [-0.15, -0.1) is 0 Å². The van der Waals surface area contributed by atoms with E-state index < -0.39 is 0 Å². The fraction of sp³-hybridized carbons (Fsp3) is 0.765. The van der Waals surface area contributed by atoms with Crippen LogP contribution in [0.25, 0.3) is 0 Å². The van der Waals surface area contributed by atoms with E-state index in [1.165, 1.54) is 25.7 Å². The average Bonchev–Trinajstić information content (AvgIpc) is 3.40. The van der Waals surface area contributed by atoms with E-state index >= 15 is 0 Å². The third-order valence-corrected chi connectivity index (χ3v) is 5.52. The molecule has 4 nitrogen and oxygen atoms in total. The molecule has 1 atom stereocenters. The number of hydrogen-bond acceptors (Lipinski definition) is 2. The van der Waals surface area contributed by atoms with E-state index in [4.69, 9.17) is 0 Å². The normalized spacial score (nSPS) is 25.8. The molecule has 0 radical (unpaired) electrons. The fourth-order valence-corrected chi connectivity index (χ4v) is 4.06. The van der Waals surface area contributed by atoms with Crippen LogP contribution < -0.4 is 0 Å². The van der Waals surface area contributed by atoms with Gasteiger partial charge < -0.3 is 4.90 Å². The van der Waals surface area contributed by atoms with Crippen LogP contribution in [-0.4, -0.2) is 33.2 Å². The van der Waals surface area contributed by atoms with Crippen LogP contribution in [0.3, 0.4) is 0 Å². The van der Waals surface area contributed by atoms with Gasteiger partial charge in [0.15, 0.2) is 0 Å². The Morgan fingerprint density at radius 2 is 1.95 bits per heavy atom. The topological polar surface area (TPSA) is 38.1 Å². The lowest BCUT2D eigenvalue weighted by Crippen LogP contribution is -2.39. The monoisotopic (exact) mass is 287 g/mol. The molecule has 2 aliphatic carbocycles. The molecule has 1 saturated heterocycles. The molecule has 21 heavy (non-hydrogen) atoms. The molecule has 4 heteroatoms. The van der Waals surface area contributed by atoms with Crippen LogP contribution in [0.4, 0.5) is 0 Å². The second-order valence-corrected chi connectivity index (χ2v) is 7.15. The largest absolute Gasteiger partial charge is 0.338 e. The molecule has 0 N–H and O–H groups in total. The molecule has 1 aliphatic heterocycles. The first kappa shape index (κ1) is 13.4. The Hall–Kier alpha value is -1.32. The Morgan fingerprint density at radius 3 is 2.57 bits per heavy atom. The number of aromatic nitrogens is 2. The summed E-state index contributed by atoms with van der Waals surface area (Å²) >= 11 is 0. The standard InChI is InChI=1S/C17H25N3O/c21-17(11-16(13-4-5-13)14-6-7-14)20-10-1-3-15(20)12-19-9-2-8-18-19/h2,8-9,13-16H,1,3-7,10-12H2. The van der Waals surface area contributed by atoms with Gasteiger partial charge in [-0.05, 0) is 62.3 Å². The Bertz CT molecular complexity index is 478. The number of nitrogens with zero attached hydrogens (tertiary/aromatic N) is 3. The minimum Gasteiger partial charge on any atom is -0.338 e. The van der Waals surface area contributed by atoms with Gasteiger partial charge in [0.25, 0.3) is 0 Å². The van der Waals surface area contributed by atoms with Crippen molar-refractivity contribution in [2.24, 2.45) is 17.8 Å². The molecule has 4 rings (SSSR count). The summed E-state index contributed by atoms with van der Waals surface area (Å²) in [5.41, 5.74) is 0. The number of carbonyl (C=O) groups is 1. The molecule has 0 spiro atoms. The Morgan fingerprint density at radius 1 is 1.19 bits per heavy atom. The van der Waals surface area contributed by atoms with Gasteiger partial charge >= 0.3 is 0 Å². The minimum absolute atomic E-state index is 0.358. The molecule has 3 fully saturated rings. The summed E-state index contributed by atoms with van der Waals surface area (Å²) in [6.45, 7) is 1.81. The van der Waals surface area contributed by atoms with Crippen molar-refractivity contribution in [3.63, 3.8) is 0 Å². The molecule has 114 valence electrons. The van der Waals surface area contributed by atoms with Crippen LogP contribution in [0.15, 0.2) is 18.5 Å². The lowest BCUT2D eigenvalue weighted by molar-refractivity contribution is -0.133. The minimum atomic E-state index is 0.358. The zero-order valence-electron chi connectivity index (χ0n) is 12.7. The smallest absolute Gasteiger partial charge is 0.223 e. The summed E-state index contributed by atoms with van der Waals surface area (Å²) < 4.78 is 1.97. The van der Waals surface area contributed by atoms with E-state index in [1.807, 2.05) is 23.1 Å². The highest BCUT2D eigenvalue weighted by atomic mass is 16.2. The van der Waals surface area contributed by atoms with Crippen LogP contribution in [0.1, 0.15) is 44.9 Å². The third-order valence-electron chi connectivity index (χ3n) is 5.52. The van der Waals surface area contributed by atoms with Crippen LogP contribution in [0.2, 0.25) is 0 Å². The molecule has 0 bridgehead atoms. The summed E-state index contributed by atoms with van der Waals surface area (Å²) in [6, 6.07) is 2.31. The highest BCUT2D eigenvalue weighted by Crippen LogP contribution is 2.51. The predicted molar refractivity (Wildman–Crippen MR) is 80.5 cm³/mol. The quantitative estimate of drug-likeness (QED) is 0.807. The highest BCUT2D eigenvalue weighted by molar-refractivity contribution is 5.77. The van der Waals surface area contributed by atoms with Crippen molar-refractivity contribution < 1.29 is 4.79 Å². The van der Waals surface area contributed by atoms with Gasteiger partial charge in [-0.2, -0.15) is 5.10 Å². The number of rotatable bonds is 6. The molecule has 1 amide bonds.